The lowest BCUT2D eigenvalue weighted by molar-refractivity contribution is -0.149. The number of anilines is 1. The lowest BCUT2D eigenvalue weighted by Gasteiger charge is -2.44. The van der Waals surface area contributed by atoms with Crippen molar-refractivity contribution in [2.24, 2.45) is 11.8 Å². The molecule has 1 aliphatic carbocycles. The lowest BCUT2D eigenvalue weighted by Crippen LogP contribution is -2.59. The molecule has 0 radical (unpaired) electrons. The molecule has 2 aromatic heterocycles. The van der Waals surface area contributed by atoms with E-state index < -0.39 is 31.5 Å². The minimum absolute atomic E-state index is 0.0389. The molecule has 4 aliphatic heterocycles. The Morgan fingerprint density at radius 3 is 2.64 bits per heavy atom. The van der Waals surface area contributed by atoms with Crippen molar-refractivity contribution < 1.29 is 37.9 Å². The molecule has 12 nitrogen and oxygen atoms in total. The number of pyridine rings is 1. The Balaban J connectivity index is 0.959. The van der Waals surface area contributed by atoms with Gasteiger partial charge in [0, 0.05) is 73.6 Å². The number of aromatic nitrogens is 1. The highest BCUT2D eigenvalue weighted by molar-refractivity contribution is 7.51. The number of benzene rings is 1. The van der Waals surface area contributed by atoms with Gasteiger partial charge in [0.25, 0.3) is 5.91 Å². The summed E-state index contributed by atoms with van der Waals surface area (Å²) in [5.41, 5.74) is 2.11. The van der Waals surface area contributed by atoms with Gasteiger partial charge >= 0.3 is 7.60 Å². The Bertz CT molecular complexity index is 1880. The van der Waals surface area contributed by atoms with Crippen LogP contribution >= 0.6 is 18.9 Å². The molecule has 1 aromatic carbocycles. The highest BCUT2D eigenvalue weighted by Gasteiger charge is 2.52. The van der Waals surface area contributed by atoms with Crippen LogP contribution < -0.4 is 10.2 Å². The first-order valence-electron chi connectivity index (χ1n) is 17.3. The molecule has 7 atom stereocenters. The van der Waals surface area contributed by atoms with Gasteiger partial charge < -0.3 is 34.5 Å². The van der Waals surface area contributed by atoms with E-state index in [9.17, 15) is 33.1 Å². The third-order valence-electron chi connectivity index (χ3n) is 11.4. The minimum atomic E-state index is -4.98. The molecule has 0 bridgehead atoms. The second-order valence-corrected chi connectivity index (χ2v) is 17.3. The van der Waals surface area contributed by atoms with Crippen LogP contribution in [0, 0.1) is 11.8 Å². The quantitative estimate of drug-likeness (QED) is 0.291. The third-order valence-corrected chi connectivity index (χ3v) is 13.4. The highest BCUT2D eigenvalue weighted by Crippen LogP contribution is 2.53. The monoisotopic (exact) mass is 725 g/mol. The summed E-state index contributed by atoms with van der Waals surface area (Å²) in [7, 11) is -3.24. The molecular weight excluding hydrogens is 684 g/mol. The highest BCUT2D eigenvalue weighted by atomic mass is 32.1. The number of likely N-dealkylation sites (tertiary alicyclic amines) is 1. The molecule has 15 heteroatoms. The number of halogens is 1. The Morgan fingerprint density at radius 1 is 1.08 bits per heavy atom. The van der Waals surface area contributed by atoms with Crippen molar-refractivity contribution in [3.63, 3.8) is 0 Å². The van der Waals surface area contributed by atoms with Gasteiger partial charge in [-0.25, -0.2) is 4.39 Å². The third kappa shape index (κ3) is 6.23. The van der Waals surface area contributed by atoms with Gasteiger partial charge in [-0.1, -0.05) is 6.07 Å². The topological polar surface area (TPSA) is 153 Å². The fourth-order valence-electron chi connectivity index (χ4n) is 8.58. The van der Waals surface area contributed by atoms with Crippen LogP contribution in [0.4, 0.5) is 10.1 Å². The van der Waals surface area contributed by atoms with E-state index in [1.165, 1.54) is 18.2 Å². The molecule has 0 unspecified atom stereocenters. The van der Waals surface area contributed by atoms with Gasteiger partial charge in [-0.05, 0) is 85.6 Å². The number of alkyl halides is 1. The maximum absolute atomic E-state index is 14.3. The molecule has 266 valence electrons. The largest absolute Gasteiger partial charge is 0.380 e. The Hall–Kier alpha value is -3.42. The molecule has 3 aromatic rings. The Morgan fingerprint density at radius 2 is 1.88 bits per heavy atom. The second-order valence-electron chi connectivity index (χ2n) is 14.5. The van der Waals surface area contributed by atoms with E-state index in [0.29, 0.717) is 52.7 Å². The molecule has 50 heavy (non-hydrogen) atoms. The van der Waals surface area contributed by atoms with Gasteiger partial charge in [-0.15, -0.1) is 11.3 Å². The van der Waals surface area contributed by atoms with Crippen molar-refractivity contribution in [2.75, 3.05) is 38.2 Å². The number of hydrogen-bond acceptors (Lipinski definition) is 8. The van der Waals surface area contributed by atoms with Crippen molar-refractivity contribution in [2.45, 2.75) is 74.6 Å². The number of nitrogens with zero attached hydrogens (tertiary/aromatic N) is 4. The van der Waals surface area contributed by atoms with Gasteiger partial charge in [0.2, 0.25) is 17.7 Å². The lowest BCUT2D eigenvalue weighted by atomic mass is 9.90. The first-order valence-corrected chi connectivity index (χ1v) is 19.8. The van der Waals surface area contributed by atoms with Gasteiger partial charge in [0.05, 0.1) is 11.0 Å². The number of fused-ring (bicyclic) bond motifs is 3. The average Bonchev–Trinajstić information content (AvgIpc) is 3.45. The Labute approximate surface area is 293 Å². The van der Waals surface area contributed by atoms with Crippen molar-refractivity contribution in [3.05, 3.63) is 58.7 Å². The maximum atomic E-state index is 14.3. The summed E-state index contributed by atoms with van der Waals surface area (Å²) < 4.78 is 32.0. The zero-order chi connectivity index (χ0) is 34.9. The number of amides is 3. The average molecular weight is 726 g/mol. The molecule has 5 fully saturated rings. The zero-order valence-corrected chi connectivity index (χ0v) is 29.4. The van der Waals surface area contributed by atoms with E-state index in [-0.39, 0.29) is 35.4 Å². The van der Waals surface area contributed by atoms with Gasteiger partial charge in [0.15, 0.2) is 0 Å². The number of methoxy groups -OCH3 is 1. The molecule has 3 amide bonds. The summed E-state index contributed by atoms with van der Waals surface area (Å²) in [4.78, 5) is 71.1. The van der Waals surface area contributed by atoms with Crippen molar-refractivity contribution in [1.82, 2.24) is 20.1 Å². The van der Waals surface area contributed by atoms with Crippen LogP contribution in [-0.2, 0) is 18.9 Å². The standard InChI is InChI=1S/C35H41FN5O7PS/c1-48-25-7-9-39(18-25)28-6-8-37-15-26(28)23-16-40(17-23)35(44)29-4-3-24-12-20-11-21(20)13-27(34(43)41(24)29)38-33(42)31-14-22-10-19(2-5-30(22)50-31)32(36)49(45,46)47/h2,5-6,8,10,14-15,20-21,23-25,27,29,32H,3-4,7,9,11-13,16-18H2,1H3,(H,38,42)(H2,45,46,47)/t20-,21+,24-,25-,27+,29+,32+/m1/s1. The van der Waals surface area contributed by atoms with E-state index in [0.717, 1.165) is 61.4 Å². The summed E-state index contributed by atoms with van der Waals surface area (Å²) >= 11 is 1.16. The SMILES string of the molecule is CO[C@@H]1CCN(c2ccncc2C2CN(C(=O)[C@@H]3CC[C@@H]4C[C@H]5C[C@H]5C[C@H](NC(=O)c5cc6cc([C@@H](F)P(=O)(O)O)ccc6s5)C(=O)N43)C2)C1. The van der Waals surface area contributed by atoms with Gasteiger partial charge in [0.1, 0.15) is 12.1 Å². The van der Waals surface area contributed by atoms with Crippen molar-refractivity contribution in [3.8, 4) is 0 Å². The van der Waals surface area contributed by atoms with Crippen LogP contribution in [0.1, 0.15) is 71.2 Å². The Kier molecular flexibility index (Phi) is 8.74. The number of rotatable bonds is 8. The van der Waals surface area contributed by atoms with Crippen molar-refractivity contribution >= 4 is 52.4 Å². The molecule has 8 rings (SSSR count). The summed E-state index contributed by atoms with van der Waals surface area (Å²) in [5, 5.41) is 3.45. The number of carbonyl (C=O) groups excluding carboxylic acids is 3. The second kappa shape index (κ2) is 13.0. The summed E-state index contributed by atoms with van der Waals surface area (Å²) in [5.74, 6) is -2.18. The summed E-state index contributed by atoms with van der Waals surface area (Å²) in [6.45, 7) is 2.87. The summed E-state index contributed by atoms with van der Waals surface area (Å²) in [6.07, 6.45) is 8.63. The van der Waals surface area contributed by atoms with Gasteiger partial charge in [-0.3, -0.25) is 23.9 Å². The van der Waals surface area contributed by atoms with Crippen LogP contribution in [0.5, 0.6) is 0 Å². The number of carbonyl (C=O) groups is 3. The normalized spacial score (nSPS) is 28.9. The molecule has 5 aliphatic rings. The maximum Gasteiger partial charge on any atom is 0.363 e. The summed E-state index contributed by atoms with van der Waals surface area (Å²) in [6, 6.07) is 6.39. The van der Waals surface area contributed by atoms with E-state index in [1.54, 1.807) is 24.3 Å². The molecule has 6 heterocycles. The van der Waals surface area contributed by atoms with Crippen molar-refractivity contribution in [1.29, 1.82) is 0 Å². The number of hydrogen-bond donors (Lipinski definition) is 3. The van der Waals surface area contributed by atoms with E-state index in [1.807, 2.05) is 17.2 Å². The van der Waals surface area contributed by atoms with Gasteiger partial charge in [-0.2, -0.15) is 0 Å². The number of ether oxygens (including phenoxy) is 1. The van der Waals surface area contributed by atoms with Crippen LogP contribution in [-0.4, -0.2) is 99.8 Å². The molecule has 1 saturated carbocycles. The number of thiophene rings is 1. The predicted molar refractivity (Wildman–Crippen MR) is 185 cm³/mol. The molecule has 4 saturated heterocycles. The van der Waals surface area contributed by atoms with E-state index >= 15 is 0 Å². The minimum Gasteiger partial charge on any atom is -0.380 e. The first-order chi connectivity index (χ1) is 24.0. The van der Waals surface area contributed by atoms with Crippen LogP contribution in [0.3, 0.4) is 0 Å². The fraction of sp³-hybridized carbons (Fsp3) is 0.543. The molecule has 0 spiro atoms. The molecular formula is C35H41FN5O7PS. The smallest absolute Gasteiger partial charge is 0.363 e. The fourth-order valence-corrected chi connectivity index (χ4v) is 10.1. The van der Waals surface area contributed by atoms with Crippen LogP contribution in [0.25, 0.3) is 10.1 Å². The van der Waals surface area contributed by atoms with Crippen LogP contribution in [0.2, 0.25) is 0 Å². The molecule has 3 N–H and O–H groups in total. The van der Waals surface area contributed by atoms with E-state index in [4.69, 9.17) is 4.74 Å². The number of nitrogens with one attached hydrogen (secondary N) is 1. The zero-order valence-electron chi connectivity index (χ0n) is 27.7. The van der Waals surface area contributed by atoms with Crippen LogP contribution in [0.15, 0.2) is 42.7 Å². The first kappa shape index (κ1) is 33.7. The van der Waals surface area contributed by atoms with E-state index in [2.05, 4.69) is 15.2 Å². The predicted octanol–water partition coefficient (Wildman–Crippen LogP) is 4.18.